The Bertz CT molecular complexity index is 873. The van der Waals surface area contributed by atoms with Gasteiger partial charge in [-0.15, -0.1) is 0 Å². The van der Waals surface area contributed by atoms with Gasteiger partial charge in [-0.05, 0) is 63.1 Å². The molecule has 1 amide bonds. The molecule has 4 rings (SSSR count). The van der Waals surface area contributed by atoms with Gasteiger partial charge in [0.25, 0.3) is 11.9 Å². The van der Waals surface area contributed by atoms with Gasteiger partial charge >= 0.3 is 0 Å². The van der Waals surface area contributed by atoms with Crippen molar-refractivity contribution in [3.63, 3.8) is 0 Å². The molecule has 1 aliphatic carbocycles. The lowest BCUT2D eigenvalue weighted by Crippen LogP contribution is -2.47. The maximum atomic E-state index is 13.8. The Labute approximate surface area is 169 Å². The van der Waals surface area contributed by atoms with Crippen LogP contribution in [0.15, 0.2) is 22.8 Å². The Kier molecular flexibility index (Phi) is 5.56. The van der Waals surface area contributed by atoms with Gasteiger partial charge in [0.1, 0.15) is 17.9 Å². The number of fused-ring (bicyclic) bond motifs is 1. The highest BCUT2D eigenvalue weighted by Gasteiger charge is 2.35. The minimum atomic E-state index is -0.628. The van der Waals surface area contributed by atoms with Gasteiger partial charge < -0.3 is 14.6 Å². The molecule has 0 spiro atoms. The largest absolute Gasteiger partial charge is 0.431 e. The van der Waals surface area contributed by atoms with E-state index in [0.717, 1.165) is 19.4 Å². The number of rotatable bonds is 4. The van der Waals surface area contributed by atoms with E-state index in [0.29, 0.717) is 23.5 Å². The van der Waals surface area contributed by atoms with Crippen LogP contribution in [0.2, 0.25) is 0 Å². The van der Waals surface area contributed by atoms with Crippen molar-refractivity contribution >= 4 is 11.9 Å². The number of nitrogens with zero attached hydrogens (tertiary/aromatic N) is 2. The van der Waals surface area contributed by atoms with Crippen LogP contribution in [-0.4, -0.2) is 23.5 Å². The van der Waals surface area contributed by atoms with Gasteiger partial charge in [0, 0.05) is 18.2 Å². The average Bonchev–Trinajstić information content (AvgIpc) is 3.21. The van der Waals surface area contributed by atoms with E-state index in [2.05, 4.69) is 15.2 Å². The van der Waals surface area contributed by atoms with Crippen LogP contribution in [0.1, 0.15) is 73.1 Å². The van der Waals surface area contributed by atoms with E-state index >= 15 is 0 Å². The number of carbonyl (C=O) groups excluding carboxylic acids is 1. The summed E-state index contributed by atoms with van der Waals surface area (Å²) in [5.41, 5.74) is 0.512. The maximum absolute atomic E-state index is 13.8. The van der Waals surface area contributed by atoms with Crippen molar-refractivity contribution in [1.29, 1.82) is 0 Å². The molecule has 5 nitrogen and oxygen atoms in total. The molecule has 156 valence electrons. The fourth-order valence-electron chi connectivity index (χ4n) is 4.63. The fourth-order valence-corrected chi connectivity index (χ4v) is 4.63. The third kappa shape index (κ3) is 4.00. The van der Waals surface area contributed by atoms with Crippen molar-refractivity contribution in [1.82, 2.24) is 10.3 Å². The molecule has 29 heavy (non-hydrogen) atoms. The van der Waals surface area contributed by atoms with Crippen molar-refractivity contribution in [2.24, 2.45) is 5.92 Å². The van der Waals surface area contributed by atoms with Crippen molar-refractivity contribution in [2.75, 3.05) is 11.4 Å². The van der Waals surface area contributed by atoms with Crippen molar-refractivity contribution < 1.29 is 18.0 Å². The molecule has 1 aliphatic heterocycles. The molecule has 0 radical (unpaired) electrons. The van der Waals surface area contributed by atoms with Crippen LogP contribution in [-0.2, 0) is 0 Å². The van der Waals surface area contributed by atoms with Crippen LogP contribution in [0.4, 0.5) is 14.8 Å². The van der Waals surface area contributed by atoms with Gasteiger partial charge in [-0.25, -0.2) is 8.78 Å². The quantitative estimate of drug-likeness (QED) is 0.788. The maximum Gasteiger partial charge on any atom is 0.298 e. The Morgan fingerprint density at radius 3 is 2.66 bits per heavy atom. The molecule has 2 fully saturated rings. The van der Waals surface area contributed by atoms with E-state index in [1.54, 1.807) is 6.92 Å². The third-order valence-corrected chi connectivity index (χ3v) is 6.36. The normalized spacial score (nSPS) is 22.8. The average molecular weight is 403 g/mol. The van der Waals surface area contributed by atoms with Crippen LogP contribution in [0.5, 0.6) is 0 Å². The summed E-state index contributed by atoms with van der Waals surface area (Å²) >= 11 is 0. The topological polar surface area (TPSA) is 58.4 Å². The monoisotopic (exact) mass is 403 g/mol. The number of amides is 1. The summed E-state index contributed by atoms with van der Waals surface area (Å²) in [6, 6.07) is 2.85. The predicted molar refractivity (Wildman–Crippen MR) is 106 cm³/mol. The molecule has 7 heteroatoms. The SMILES string of the molecule is Cc1c(F)cc([C@@H](C)NC(=O)c2coc(N3CCCC4CCCCC43)n2)cc1F. The lowest BCUT2D eigenvalue weighted by atomic mass is 9.78. The minimum absolute atomic E-state index is 0.0315. The number of hydrogen-bond donors (Lipinski definition) is 1. The fraction of sp³-hybridized carbons (Fsp3) is 0.545. The highest BCUT2D eigenvalue weighted by molar-refractivity contribution is 5.92. The molecule has 2 unspecified atom stereocenters. The summed E-state index contributed by atoms with van der Waals surface area (Å²) in [6.07, 6.45) is 8.59. The second kappa shape index (κ2) is 8.13. The molecule has 2 aliphatic rings. The number of anilines is 1. The molecule has 1 aromatic heterocycles. The Balaban J connectivity index is 1.46. The van der Waals surface area contributed by atoms with Crippen LogP contribution in [0.25, 0.3) is 0 Å². The van der Waals surface area contributed by atoms with Gasteiger partial charge in [-0.1, -0.05) is 12.8 Å². The zero-order chi connectivity index (χ0) is 20.5. The van der Waals surface area contributed by atoms with Crippen LogP contribution in [0, 0.1) is 24.5 Å². The first-order chi connectivity index (χ1) is 13.9. The lowest BCUT2D eigenvalue weighted by Gasteiger charge is -2.43. The highest BCUT2D eigenvalue weighted by Crippen LogP contribution is 2.37. The van der Waals surface area contributed by atoms with Crippen molar-refractivity contribution in [3.8, 4) is 0 Å². The van der Waals surface area contributed by atoms with Crippen LogP contribution < -0.4 is 10.2 Å². The second-order valence-electron chi connectivity index (χ2n) is 8.27. The minimum Gasteiger partial charge on any atom is -0.431 e. The first-order valence-electron chi connectivity index (χ1n) is 10.4. The molecule has 1 aromatic carbocycles. The van der Waals surface area contributed by atoms with E-state index in [-0.39, 0.29) is 11.3 Å². The van der Waals surface area contributed by atoms with E-state index in [1.807, 2.05) is 0 Å². The van der Waals surface area contributed by atoms with Gasteiger partial charge in [0.15, 0.2) is 5.69 Å². The molecule has 3 atom stereocenters. The van der Waals surface area contributed by atoms with Crippen molar-refractivity contribution in [3.05, 3.63) is 46.9 Å². The first kappa shape index (κ1) is 19.9. The third-order valence-electron chi connectivity index (χ3n) is 6.36. The summed E-state index contributed by atoms with van der Waals surface area (Å²) < 4.78 is 33.3. The summed E-state index contributed by atoms with van der Waals surface area (Å²) in [5.74, 6) is -1.01. The van der Waals surface area contributed by atoms with Crippen molar-refractivity contribution in [2.45, 2.75) is 64.5 Å². The molecule has 0 bridgehead atoms. The number of nitrogens with one attached hydrogen (secondary N) is 1. The first-order valence-corrected chi connectivity index (χ1v) is 10.4. The lowest BCUT2D eigenvalue weighted by molar-refractivity contribution is 0.0934. The molecular formula is C22H27F2N3O2. The smallest absolute Gasteiger partial charge is 0.298 e. The summed E-state index contributed by atoms with van der Waals surface area (Å²) in [7, 11) is 0. The van der Waals surface area contributed by atoms with Gasteiger partial charge in [0.2, 0.25) is 0 Å². The van der Waals surface area contributed by atoms with Gasteiger partial charge in [-0.2, -0.15) is 4.98 Å². The summed E-state index contributed by atoms with van der Waals surface area (Å²) in [4.78, 5) is 19.2. The molecule has 1 N–H and O–H groups in total. The standard InChI is InChI=1S/C22H27F2N3O2/c1-13-17(23)10-16(11-18(13)24)14(2)25-21(28)19-12-29-22(26-19)27-9-5-7-15-6-3-4-8-20(15)27/h10-12,14-15,20H,3-9H2,1-2H3,(H,25,28)/t14-,15?,20?/m1/s1. The molecular weight excluding hydrogens is 376 g/mol. The number of hydrogen-bond acceptors (Lipinski definition) is 4. The molecule has 1 saturated carbocycles. The Morgan fingerprint density at radius 2 is 1.90 bits per heavy atom. The number of aromatic nitrogens is 1. The molecule has 2 heterocycles. The predicted octanol–water partition coefficient (Wildman–Crippen LogP) is 4.91. The summed E-state index contributed by atoms with van der Waals surface area (Å²) in [5, 5.41) is 2.75. The van der Waals surface area contributed by atoms with E-state index in [4.69, 9.17) is 4.42 Å². The van der Waals surface area contributed by atoms with Crippen LogP contribution in [0.3, 0.4) is 0 Å². The van der Waals surface area contributed by atoms with E-state index in [1.165, 1.54) is 51.0 Å². The molecule has 1 saturated heterocycles. The Morgan fingerprint density at radius 1 is 1.21 bits per heavy atom. The number of halogens is 2. The van der Waals surface area contributed by atoms with E-state index in [9.17, 15) is 13.6 Å². The van der Waals surface area contributed by atoms with E-state index < -0.39 is 23.6 Å². The zero-order valence-electron chi connectivity index (χ0n) is 16.9. The molecule has 2 aromatic rings. The Hall–Kier alpha value is -2.44. The number of carbonyl (C=O) groups is 1. The number of benzene rings is 1. The number of oxazole rings is 1. The summed E-state index contributed by atoms with van der Waals surface area (Å²) in [6.45, 7) is 3.95. The highest BCUT2D eigenvalue weighted by atomic mass is 19.1. The number of piperidine rings is 1. The van der Waals surface area contributed by atoms with Crippen LogP contribution >= 0.6 is 0 Å². The second-order valence-corrected chi connectivity index (χ2v) is 8.27. The van der Waals surface area contributed by atoms with Gasteiger partial charge in [-0.3, -0.25) is 4.79 Å². The zero-order valence-corrected chi connectivity index (χ0v) is 16.9. The van der Waals surface area contributed by atoms with Gasteiger partial charge in [0.05, 0.1) is 6.04 Å².